The van der Waals surface area contributed by atoms with Gasteiger partial charge in [0.2, 0.25) is 0 Å². The third kappa shape index (κ3) is 5.10. The van der Waals surface area contributed by atoms with Crippen LogP contribution in [-0.4, -0.2) is 33.4 Å². The van der Waals surface area contributed by atoms with E-state index in [0.717, 1.165) is 13.1 Å². The van der Waals surface area contributed by atoms with Gasteiger partial charge in [0.15, 0.2) is 17.4 Å². The molecule has 0 radical (unpaired) electrons. The molecule has 0 saturated carbocycles. The number of ether oxygens (including phenoxy) is 2. The maximum atomic E-state index is 13.1. The van der Waals surface area contributed by atoms with Crippen molar-refractivity contribution in [3.8, 4) is 5.75 Å². The zero-order chi connectivity index (χ0) is 12.5. The summed E-state index contributed by atoms with van der Waals surface area (Å²) in [5.41, 5.74) is 0. The van der Waals surface area contributed by atoms with Crippen LogP contribution in [0.25, 0.3) is 0 Å². The van der Waals surface area contributed by atoms with Crippen LogP contribution in [-0.2, 0) is 4.74 Å². The molecule has 0 bridgehead atoms. The van der Waals surface area contributed by atoms with Crippen molar-refractivity contribution in [2.24, 2.45) is 0 Å². The van der Waals surface area contributed by atoms with Crippen LogP contribution in [0.15, 0.2) is 18.2 Å². The predicted molar refractivity (Wildman–Crippen MR) is 61.2 cm³/mol. The van der Waals surface area contributed by atoms with Gasteiger partial charge in [-0.1, -0.05) is 6.07 Å². The van der Waals surface area contributed by atoms with E-state index in [9.17, 15) is 8.78 Å². The molecule has 0 aliphatic rings. The van der Waals surface area contributed by atoms with Crippen LogP contribution >= 0.6 is 0 Å². The van der Waals surface area contributed by atoms with E-state index in [-0.39, 0.29) is 12.4 Å². The van der Waals surface area contributed by atoms with E-state index in [0.29, 0.717) is 13.0 Å². The molecular weight excluding hydrogens is 228 g/mol. The Bertz CT molecular complexity index is 314. The number of hydrogen-bond acceptors (Lipinski definition) is 3. The lowest BCUT2D eigenvalue weighted by Crippen LogP contribution is -2.21. The van der Waals surface area contributed by atoms with Crippen molar-refractivity contribution in [1.29, 1.82) is 0 Å². The zero-order valence-corrected chi connectivity index (χ0v) is 9.84. The van der Waals surface area contributed by atoms with Gasteiger partial charge >= 0.3 is 0 Å². The van der Waals surface area contributed by atoms with Crippen molar-refractivity contribution in [3.05, 3.63) is 29.8 Å². The first-order chi connectivity index (χ1) is 8.25. The fraction of sp³-hybridized carbons (Fsp3) is 0.500. The Kier molecular flexibility index (Phi) is 6.50. The molecule has 96 valence electrons. The maximum absolute atomic E-state index is 13.1. The summed E-state index contributed by atoms with van der Waals surface area (Å²) in [6.07, 6.45) is 0.678. The highest BCUT2D eigenvalue weighted by Gasteiger charge is 2.08. The molecule has 0 unspecified atom stereocenters. The minimum Gasteiger partial charge on any atom is -0.488 e. The van der Waals surface area contributed by atoms with E-state index in [2.05, 4.69) is 5.32 Å². The molecule has 0 atom stereocenters. The van der Waals surface area contributed by atoms with E-state index < -0.39 is 11.6 Å². The van der Waals surface area contributed by atoms with Gasteiger partial charge in [-0.2, -0.15) is 0 Å². The van der Waals surface area contributed by atoms with Gasteiger partial charge in [-0.25, -0.2) is 8.78 Å². The molecule has 1 N–H and O–H groups in total. The zero-order valence-electron chi connectivity index (χ0n) is 9.84. The van der Waals surface area contributed by atoms with Crippen LogP contribution in [0.3, 0.4) is 0 Å². The van der Waals surface area contributed by atoms with Gasteiger partial charge in [0.25, 0.3) is 0 Å². The minimum atomic E-state index is -0.669. The van der Waals surface area contributed by atoms with Crippen LogP contribution in [0.1, 0.15) is 6.42 Å². The maximum Gasteiger partial charge on any atom is 0.190 e. The van der Waals surface area contributed by atoms with Gasteiger partial charge in [-0.05, 0) is 25.1 Å². The Morgan fingerprint density at radius 2 is 1.82 bits per heavy atom. The Labute approximate surface area is 99.7 Å². The number of methoxy groups -OCH3 is 1. The van der Waals surface area contributed by atoms with Crippen LogP contribution in [0, 0.1) is 11.6 Å². The second kappa shape index (κ2) is 7.97. The molecule has 1 aromatic carbocycles. The smallest absolute Gasteiger partial charge is 0.190 e. The van der Waals surface area contributed by atoms with E-state index in [1.807, 2.05) is 0 Å². The summed E-state index contributed by atoms with van der Waals surface area (Å²) < 4.78 is 36.2. The van der Waals surface area contributed by atoms with Crippen molar-refractivity contribution in [2.75, 3.05) is 33.4 Å². The van der Waals surface area contributed by atoms with Gasteiger partial charge in [0.1, 0.15) is 0 Å². The third-order valence-corrected chi connectivity index (χ3v) is 2.15. The van der Waals surface area contributed by atoms with Crippen LogP contribution in [0.4, 0.5) is 8.78 Å². The second-order valence-corrected chi connectivity index (χ2v) is 3.50. The Hall–Kier alpha value is -1.20. The highest BCUT2D eigenvalue weighted by Crippen LogP contribution is 2.20. The number of rotatable bonds is 8. The van der Waals surface area contributed by atoms with Gasteiger partial charge < -0.3 is 14.8 Å². The monoisotopic (exact) mass is 245 g/mol. The lowest BCUT2D eigenvalue weighted by atomic mass is 10.3. The summed E-state index contributed by atoms with van der Waals surface area (Å²) >= 11 is 0. The molecule has 0 saturated heterocycles. The van der Waals surface area contributed by atoms with Crippen LogP contribution < -0.4 is 10.1 Å². The summed E-state index contributed by atoms with van der Waals surface area (Å²) in [5.74, 6) is -1.64. The normalized spacial score (nSPS) is 10.5. The topological polar surface area (TPSA) is 30.5 Å². The van der Waals surface area contributed by atoms with Gasteiger partial charge in [-0.3, -0.25) is 0 Å². The number of benzene rings is 1. The number of hydrogen-bond donors (Lipinski definition) is 1. The molecule has 0 fully saturated rings. The number of halogens is 2. The highest BCUT2D eigenvalue weighted by molar-refractivity contribution is 5.25. The van der Waals surface area contributed by atoms with Crippen molar-refractivity contribution in [2.45, 2.75) is 6.42 Å². The Morgan fingerprint density at radius 1 is 1.12 bits per heavy atom. The van der Waals surface area contributed by atoms with Crippen molar-refractivity contribution < 1.29 is 18.3 Å². The standard InChI is InChI=1S/C12H17F2NO2/c1-16-9-7-15-6-3-8-17-12-10(13)4-2-5-11(12)14/h2,4-5,15H,3,6-9H2,1H3. The molecule has 1 aromatic rings. The first-order valence-electron chi connectivity index (χ1n) is 5.52. The van der Waals surface area contributed by atoms with Crippen molar-refractivity contribution in [3.63, 3.8) is 0 Å². The molecule has 0 heterocycles. The van der Waals surface area contributed by atoms with Gasteiger partial charge in [0.05, 0.1) is 13.2 Å². The molecule has 0 aromatic heterocycles. The van der Waals surface area contributed by atoms with Gasteiger partial charge in [-0.15, -0.1) is 0 Å². The largest absolute Gasteiger partial charge is 0.488 e. The Balaban J connectivity index is 2.18. The summed E-state index contributed by atoms with van der Waals surface area (Å²) in [5, 5.41) is 3.11. The molecular formula is C12H17F2NO2. The molecule has 5 heteroatoms. The first kappa shape index (κ1) is 13.9. The quantitative estimate of drug-likeness (QED) is 0.710. The van der Waals surface area contributed by atoms with E-state index in [4.69, 9.17) is 9.47 Å². The summed E-state index contributed by atoms with van der Waals surface area (Å²) in [6, 6.07) is 3.66. The molecule has 0 spiro atoms. The molecule has 1 rings (SSSR count). The fourth-order valence-corrected chi connectivity index (χ4v) is 1.29. The molecule has 0 amide bonds. The second-order valence-electron chi connectivity index (χ2n) is 3.50. The minimum absolute atomic E-state index is 0.276. The van der Waals surface area contributed by atoms with Crippen LogP contribution in [0.5, 0.6) is 5.75 Å². The van der Waals surface area contributed by atoms with E-state index in [1.165, 1.54) is 18.2 Å². The van der Waals surface area contributed by atoms with Crippen molar-refractivity contribution in [1.82, 2.24) is 5.32 Å². The highest BCUT2D eigenvalue weighted by atomic mass is 19.1. The van der Waals surface area contributed by atoms with E-state index in [1.54, 1.807) is 7.11 Å². The molecule has 0 aliphatic heterocycles. The average molecular weight is 245 g/mol. The average Bonchev–Trinajstić information content (AvgIpc) is 2.31. The lowest BCUT2D eigenvalue weighted by molar-refractivity contribution is 0.198. The third-order valence-electron chi connectivity index (χ3n) is 2.15. The predicted octanol–water partition coefficient (Wildman–Crippen LogP) is 1.97. The first-order valence-corrected chi connectivity index (χ1v) is 5.52. The molecule has 3 nitrogen and oxygen atoms in total. The summed E-state index contributed by atoms with van der Waals surface area (Å²) in [7, 11) is 1.63. The lowest BCUT2D eigenvalue weighted by Gasteiger charge is -2.08. The Morgan fingerprint density at radius 3 is 2.47 bits per heavy atom. The fourth-order valence-electron chi connectivity index (χ4n) is 1.29. The SMILES string of the molecule is COCCNCCCOc1c(F)cccc1F. The van der Waals surface area contributed by atoms with Crippen molar-refractivity contribution >= 4 is 0 Å². The summed E-state index contributed by atoms with van der Waals surface area (Å²) in [6.45, 7) is 2.39. The van der Waals surface area contributed by atoms with Crippen LogP contribution in [0.2, 0.25) is 0 Å². The van der Waals surface area contributed by atoms with Gasteiger partial charge in [0, 0.05) is 13.7 Å². The van der Waals surface area contributed by atoms with E-state index >= 15 is 0 Å². The molecule has 0 aliphatic carbocycles. The number of para-hydroxylation sites is 1. The summed E-state index contributed by atoms with van der Waals surface area (Å²) in [4.78, 5) is 0. The molecule has 17 heavy (non-hydrogen) atoms. The number of nitrogens with one attached hydrogen (secondary N) is 1.